The summed E-state index contributed by atoms with van der Waals surface area (Å²) in [5.41, 5.74) is 0. The molecule has 0 radical (unpaired) electrons. The van der Waals surface area contributed by atoms with Crippen molar-refractivity contribution in [1.29, 1.82) is 0 Å². The molecule has 1 saturated carbocycles. The van der Waals surface area contributed by atoms with E-state index in [-0.39, 0.29) is 0 Å². The molecule has 0 amide bonds. The van der Waals surface area contributed by atoms with Crippen molar-refractivity contribution < 1.29 is 57.8 Å². The number of rotatable bonds is 4. The molecule has 1 atom stereocenters. The second-order valence-electron chi connectivity index (χ2n) is 4.43. The number of halogens is 11. The van der Waals surface area contributed by atoms with Crippen LogP contribution in [0.4, 0.5) is 48.3 Å². The van der Waals surface area contributed by atoms with Gasteiger partial charge in [-0.2, -0.15) is 43.9 Å². The van der Waals surface area contributed by atoms with E-state index in [0.717, 1.165) is 0 Å². The van der Waals surface area contributed by atoms with Gasteiger partial charge in [-0.3, -0.25) is 0 Å². The van der Waals surface area contributed by atoms with E-state index in [2.05, 4.69) is 9.47 Å². The summed E-state index contributed by atoms with van der Waals surface area (Å²) in [5, 5.41) is 0. The Kier molecular flexibility index (Phi) is 4.67. The minimum absolute atomic E-state index is 2.35. The molecule has 1 unspecified atom stereocenters. The average molecular weight is 356 g/mol. The van der Waals surface area contributed by atoms with Gasteiger partial charge in [0, 0.05) is 0 Å². The lowest BCUT2D eigenvalue weighted by molar-refractivity contribution is -0.396. The van der Waals surface area contributed by atoms with E-state index in [1.165, 1.54) is 0 Å². The quantitative estimate of drug-likeness (QED) is 0.563. The molecule has 0 heterocycles. The van der Waals surface area contributed by atoms with Crippen molar-refractivity contribution >= 4 is 0 Å². The fourth-order valence-electron chi connectivity index (χ4n) is 1.72. The Balaban J connectivity index is 3.16. The Bertz CT molecular complexity index is 381. The maximum absolute atomic E-state index is 13.5. The van der Waals surface area contributed by atoms with Gasteiger partial charge >= 0.3 is 24.2 Å². The molecule has 0 spiro atoms. The Labute approximate surface area is 115 Å². The van der Waals surface area contributed by atoms with Crippen LogP contribution in [0.15, 0.2) is 0 Å². The molecule has 0 N–H and O–H groups in total. The van der Waals surface area contributed by atoms with Crippen molar-refractivity contribution in [2.45, 2.75) is 42.6 Å². The molecule has 132 valence electrons. The van der Waals surface area contributed by atoms with Crippen LogP contribution in [0.25, 0.3) is 0 Å². The third-order valence-corrected chi connectivity index (χ3v) is 2.65. The van der Waals surface area contributed by atoms with Gasteiger partial charge in [-0.05, 0) is 0 Å². The SMILES string of the molecule is FC1CC(F)(F)C(F)(F)C1(OCC(F)(F)F)OCC(F)(F)F. The third kappa shape index (κ3) is 3.55. The number of alkyl halides is 11. The Morgan fingerprint density at radius 1 is 0.818 bits per heavy atom. The maximum atomic E-state index is 13.5. The number of hydrogen-bond donors (Lipinski definition) is 0. The van der Waals surface area contributed by atoms with Gasteiger partial charge < -0.3 is 9.47 Å². The summed E-state index contributed by atoms with van der Waals surface area (Å²) in [4.78, 5) is 0. The topological polar surface area (TPSA) is 18.5 Å². The van der Waals surface area contributed by atoms with E-state index in [4.69, 9.17) is 0 Å². The van der Waals surface area contributed by atoms with E-state index in [9.17, 15) is 48.3 Å². The van der Waals surface area contributed by atoms with Gasteiger partial charge in [-0.25, -0.2) is 4.39 Å². The lowest BCUT2D eigenvalue weighted by atomic mass is 10.1. The highest BCUT2D eigenvalue weighted by Crippen LogP contribution is 2.57. The van der Waals surface area contributed by atoms with Crippen LogP contribution in [0.2, 0.25) is 0 Å². The Morgan fingerprint density at radius 2 is 1.18 bits per heavy atom. The summed E-state index contributed by atoms with van der Waals surface area (Å²) in [5.74, 6) is -15.7. The number of ether oxygens (including phenoxy) is 2. The van der Waals surface area contributed by atoms with Crippen molar-refractivity contribution in [3.8, 4) is 0 Å². The molecule has 2 nitrogen and oxygen atoms in total. The van der Waals surface area contributed by atoms with Gasteiger partial charge in [-0.15, -0.1) is 0 Å². The van der Waals surface area contributed by atoms with Crippen LogP contribution in [-0.4, -0.2) is 49.4 Å². The molecule has 0 aromatic carbocycles. The summed E-state index contributed by atoms with van der Waals surface area (Å²) in [7, 11) is 0. The van der Waals surface area contributed by atoms with E-state index in [0.29, 0.717) is 0 Å². The molecule has 0 aromatic heterocycles. The second-order valence-corrected chi connectivity index (χ2v) is 4.43. The first-order valence-corrected chi connectivity index (χ1v) is 5.35. The molecule has 0 aromatic rings. The molecule has 1 aliphatic rings. The van der Waals surface area contributed by atoms with Crippen LogP contribution >= 0.6 is 0 Å². The molecule has 13 heteroatoms. The van der Waals surface area contributed by atoms with Gasteiger partial charge in [0.1, 0.15) is 13.2 Å². The van der Waals surface area contributed by atoms with Crippen molar-refractivity contribution in [3.63, 3.8) is 0 Å². The van der Waals surface area contributed by atoms with Gasteiger partial charge in [0.15, 0.2) is 6.17 Å². The summed E-state index contributed by atoms with van der Waals surface area (Å²) >= 11 is 0. The van der Waals surface area contributed by atoms with Crippen molar-refractivity contribution in [1.82, 2.24) is 0 Å². The normalized spacial score (nSPS) is 27.1. The standard InChI is InChI=1S/C9H7F11O2/c10-4-1-5(11,12)9(19,20)8(4,21-2-6(13,14)15)22-3-7(16,17)18/h4H,1-3H2. The fourth-order valence-corrected chi connectivity index (χ4v) is 1.72. The molecule has 1 fully saturated rings. The lowest BCUT2D eigenvalue weighted by Gasteiger charge is -2.37. The van der Waals surface area contributed by atoms with E-state index in [1.807, 2.05) is 0 Å². The first kappa shape index (κ1) is 19.2. The van der Waals surface area contributed by atoms with Gasteiger partial charge in [-0.1, -0.05) is 0 Å². The van der Waals surface area contributed by atoms with Gasteiger partial charge in [0.2, 0.25) is 0 Å². The van der Waals surface area contributed by atoms with Gasteiger partial charge in [0.25, 0.3) is 5.79 Å². The smallest absolute Gasteiger partial charge is 0.333 e. The van der Waals surface area contributed by atoms with Crippen molar-refractivity contribution in [2.24, 2.45) is 0 Å². The maximum Gasteiger partial charge on any atom is 0.411 e. The highest BCUT2D eigenvalue weighted by atomic mass is 19.4. The zero-order valence-corrected chi connectivity index (χ0v) is 10.2. The Hall–Kier alpha value is -0.850. The zero-order valence-electron chi connectivity index (χ0n) is 10.2. The second kappa shape index (κ2) is 5.35. The van der Waals surface area contributed by atoms with Crippen LogP contribution < -0.4 is 0 Å². The molecule has 1 rings (SSSR count). The van der Waals surface area contributed by atoms with Crippen molar-refractivity contribution in [2.75, 3.05) is 13.2 Å². The third-order valence-electron chi connectivity index (χ3n) is 2.65. The van der Waals surface area contributed by atoms with Crippen LogP contribution in [0, 0.1) is 0 Å². The first-order valence-electron chi connectivity index (χ1n) is 5.35. The van der Waals surface area contributed by atoms with Gasteiger partial charge in [0.05, 0.1) is 6.42 Å². The summed E-state index contributed by atoms with van der Waals surface area (Å²) in [6.45, 7) is -5.39. The largest absolute Gasteiger partial charge is 0.411 e. The fraction of sp³-hybridized carbons (Fsp3) is 1.00. The molecule has 1 aliphatic carbocycles. The summed E-state index contributed by atoms with van der Waals surface area (Å²) < 4.78 is 145. The molecule has 22 heavy (non-hydrogen) atoms. The molecule has 0 aliphatic heterocycles. The van der Waals surface area contributed by atoms with E-state index in [1.54, 1.807) is 0 Å². The van der Waals surface area contributed by atoms with Crippen molar-refractivity contribution in [3.05, 3.63) is 0 Å². The highest BCUT2D eigenvalue weighted by Gasteiger charge is 2.81. The highest BCUT2D eigenvalue weighted by molar-refractivity contribution is 5.10. The van der Waals surface area contributed by atoms with Crippen LogP contribution in [0.5, 0.6) is 0 Å². The summed E-state index contributed by atoms with van der Waals surface area (Å²) in [6.07, 6.45) is -16.7. The lowest BCUT2D eigenvalue weighted by Crippen LogP contribution is -2.59. The minimum atomic E-state index is -5.74. The van der Waals surface area contributed by atoms with E-state index >= 15 is 0 Å². The van der Waals surface area contributed by atoms with Crippen LogP contribution in [0.1, 0.15) is 6.42 Å². The Morgan fingerprint density at radius 3 is 1.41 bits per heavy atom. The zero-order chi connectivity index (χ0) is 17.6. The molecule has 0 bridgehead atoms. The monoisotopic (exact) mass is 356 g/mol. The minimum Gasteiger partial charge on any atom is -0.333 e. The van der Waals surface area contributed by atoms with E-state index < -0.39 is 55.8 Å². The molecular formula is C9H7F11O2. The molecule has 0 saturated heterocycles. The average Bonchev–Trinajstić information content (AvgIpc) is 2.37. The van der Waals surface area contributed by atoms with Crippen LogP contribution in [0.3, 0.4) is 0 Å². The van der Waals surface area contributed by atoms with Crippen LogP contribution in [-0.2, 0) is 9.47 Å². The first-order chi connectivity index (χ1) is 9.54. The number of hydrogen-bond acceptors (Lipinski definition) is 2. The molecular weight excluding hydrogens is 349 g/mol. The predicted octanol–water partition coefficient (Wildman–Crippen LogP) is 3.85. The summed E-state index contributed by atoms with van der Waals surface area (Å²) in [6, 6.07) is 0. The predicted molar refractivity (Wildman–Crippen MR) is 46.2 cm³/mol.